The number of piperidine rings is 1. The first kappa shape index (κ1) is 17.3. The quantitative estimate of drug-likeness (QED) is 0.871. The van der Waals surface area contributed by atoms with Crippen molar-refractivity contribution >= 4 is 5.91 Å². The van der Waals surface area contributed by atoms with E-state index in [2.05, 4.69) is 9.80 Å². The minimum absolute atomic E-state index is 0.279. The van der Waals surface area contributed by atoms with Crippen molar-refractivity contribution in [2.24, 2.45) is 0 Å². The summed E-state index contributed by atoms with van der Waals surface area (Å²) >= 11 is 0. The molecule has 4 heteroatoms. The van der Waals surface area contributed by atoms with Crippen molar-refractivity contribution in [3.05, 3.63) is 29.8 Å². The Labute approximate surface area is 145 Å². The van der Waals surface area contributed by atoms with Crippen LogP contribution in [0.25, 0.3) is 0 Å². The lowest BCUT2D eigenvalue weighted by Gasteiger charge is -2.37. The lowest BCUT2D eigenvalue weighted by Crippen LogP contribution is -2.45. The van der Waals surface area contributed by atoms with Gasteiger partial charge in [-0.2, -0.15) is 0 Å². The number of phenols is 1. The zero-order valence-electron chi connectivity index (χ0n) is 14.6. The highest BCUT2D eigenvalue weighted by atomic mass is 16.3. The fourth-order valence-corrected chi connectivity index (χ4v) is 4.07. The largest absolute Gasteiger partial charge is 0.508 e. The lowest BCUT2D eigenvalue weighted by atomic mass is 9.98. The summed E-state index contributed by atoms with van der Waals surface area (Å²) in [5.41, 5.74) is 1.04. The van der Waals surface area contributed by atoms with Gasteiger partial charge in [0.25, 0.3) is 0 Å². The van der Waals surface area contributed by atoms with Gasteiger partial charge in [0.2, 0.25) is 5.91 Å². The fraction of sp³-hybridized carbons (Fsp3) is 0.650. The molecule has 1 aromatic carbocycles. The number of aromatic hydroxyl groups is 1. The van der Waals surface area contributed by atoms with Gasteiger partial charge in [-0.05, 0) is 75.7 Å². The topological polar surface area (TPSA) is 43.8 Å². The summed E-state index contributed by atoms with van der Waals surface area (Å²) in [7, 11) is 0. The molecule has 1 N–H and O–H groups in total. The predicted molar refractivity (Wildman–Crippen MR) is 96.1 cm³/mol. The molecule has 1 aromatic rings. The molecular weight excluding hydrogens is 300 g/mol. The molecule has 0 spiro atoms. The minimum atomic E-state index is 0.279. The van der Waals surface area contributed by atoms with Gasteiger partial charge >= 0.3 is 0 Å². The molecule has 0 radical (unpaired) electrons. The van der Waals surface area contributed by atoms with Crippen LogP contribution in [0.15, 0.2) is 24.3 Å². The van der Waals surface area contributed by atoms with E-state index in [1.54, 1.807) is 12.1 Å². The summed E-state index contributed by atoms with van der Waals surface area (Å²) in [5, 5.41) is 9.54. The second kappa shape index (κ2) is 8.52. The maximum atomic E-state index is 12.7. The molecule has 132 valence electrons. The zero-order chi connectivity index (χ0) is 16.8. The summed E-state index contributed by atoms with van der Waals surface area (Å²) < 4.78 is 0. The Hall–Kier alpha value is -1.55. The van der Waals surface area contributed by atoms with E-state index in [0.717, 1.165) is 37.9 Å². The Morgan fingerprint density at radius 3 is 2.71 bits per heavy atom. The van der Waals surface area contributed by atoms with Gasteiger partial charge in [-0.15, -0.1) is 0 Å². The zero-order valence-corrected chi connectivity index (χ0v) is 14.6. The third-order valence-corrected chi connectivity index (χ3v) is 5.46. The molecule has 2 heterocycles. The molecule has 3 rings (SSSR count). The molecule has 4 nitrogen and oxygen atoms in total. The first-order valence-electron chi connectivity index (χ1n) is 9.52. The van der Waals surface area contributed by atoms with Crippen LogP contribution in [0.1, 0.15) is 50.5 Å². The molecular formula is C20H30N2O2. The summed E-state index contributed by atoms with van der Waals surface area (Å²) in [4.78, 5) is 17.4. The second-order valence-corrected chi connectivity index (χ2v) is 7.24. The van der Waals surface area contributed by atoms with Gasteiger partial charge in [0.05, 0.1) is 0 Å². The summed E-state index contributed by atoms with van der Waals surface area (Å²) in [6.07, 6.45) is 8.59. The Kier molecular flexibility index (Phi) is 6.13. The number of nitrogens with zero attached hydrogens (tertiary/aromatic N) is 2. The summed E-state index contributed by atoms with van der Waals surface area (Å²) in [6, 6.07) is 7.68. The van der Waals surface area contributed by atoms with E-state index in [1.165, 1.54) is 32.4 Å². The average Bonchev–Trinajstić information content (AvgIpc) is 3.12. The van der Waals surface area contributed by atoms with Crippen LogP contribution >= 0.6 is 0 Å². The van der Waals surface area contributed by atoms with Crippen LogP contribution in [0.2, 0.25) is 0 Å². The molecule has 2 fully saturated rings. The van der Waals surface area contributed by atoms with Crippen molar-refractivity contribution in [2.75, 3.05) is 26.2 Å². The van der Waals surface area contributed by atoms with Crippen molar-refractivity contribution < 1.29 is 9.90 Å². The number of carbonyl (C=O) groups excluding carboxylic acids is 1. The maximum Gasteiger partial charge on any atom is 0.223 e. The highest BCUT2D eigenvalue weighted by Gasteiger charge is 2.27. The van der Waals surface area contributed by atoms with E-state index in [1.807, 2.05) is 12.1 Å². The van der Waals surface area contributed by atoms with Gasteiger partial charge < -0.3 is 14.9 Å². The van der Waals surface area contributed by atoms with Crippen LogP contribution in [0.3, 0.4) is 0 Å². The van der Waals surface area contributed by atoms with E-state index in [0.29, 0.717) is 18.9 Å². The first-order valence-corrected chi connectivity index (χ1v) is 9.52. The van der Waals surface area contributed by atoms with Gasteiger partial charge in [-0.1, -0.05) is 12.1 Å². The normalized spacial score (nSPS) is 22.0. The van der Waals surface area contributed by atoms with E-state index in [-0.39, 0.29) is 11.7 Å². The van der Waals surface area contributed by atoms with Crippen LogP contribution < -0.4 is 0 Å². The minimum Gasteiger partial charge on any atom is -0.508 e. The predicted octanol–water partition coefficient (Wildman–Crippen LogP) is 3.19. The first-order chi connectivity index (χ1) is 11.7. The number of hydrogen-bond donors (Lipinski definition) is 1. The lowest BCUT2D eigenvalue weighted by molar-refractivity contribution is -0.135. The standard InChI is InChI=1S/C20H30N2O2/c23-19-8-5-6-17(16-19)9-10-20(24)22-14-2-1-7-18(22)11-15-21-12-3-4-13-21/h5-6,8,16,18,23H,1-4,7,9-15H2/t18-/m0/s1. The average molecular weight is 330 g/mol. The SMILES string of the molecule is O=C(CCc1cccc(O)c1)N1CCCC[C@H]1CCN1CCCC1. The number of likely N-dealkylation sites (tertiary alicyclic amines) is 2. The molecule has 0 bridgehead atoms. The Morgan fingerprint density at radius 1 is 1.12 bits per heavy atom. The van der Waals surface area contributed by atoms with Gasteiger partial charge in [0.15, 0.2) is 0 Å². The van der Waals surface area contributed by atoms with E-state index in [9.17, 15) is 9.90 Å². The molecule has 0 unspecified atom stereocenters. The van der Waals surface area contributed by atoms with Crippen LogP contribution in [0, 0.1) is 0 Å². The van der Waals surface area contributed by atoms with Crippen molar-refractivity contribution in [3.8, 4) is 5.75 Å². The van der Waals surface area contributed by atoms with Crippen LogP contribution in [0.5, 0.6) is 5.75 Å². The number of benzene rings is 1. The van der Waals surface area contributed by atoms with Gasteiger partial charge in [-0.3, -0.25) is 4.79 Å². The molecule has 0 aliphatic carbocycles. The Bertz CT molecular complexity index is 540. The number of amides is 1. The van der Waals surface area contributed by atoms with Gasteiger partial charge in [-0.25, -0.2) is 0 Å². The van der Waals surface area contributed by atoms with E-state index < -0.39 is 0 Å². The fourth-order valence-electron chi connectivity index (χ4n) is 4.07. The van der Waals surface area contributed by atoms with Crippen LogP contribution in [0.4, 0.5) is 0 Å². The summed E-state index contributed by atoms with van der Waals surface area (Å²) in [5.74, 6) is 0.561. The maximum absolute atomic E-state index is 12.7. The highest BCUT2D eigenvalue weighted by molar-refractivity contribution is 5.77. The molecule has 0 saturated carbocycles. The van der Waals surface area contributed by atoms with Crippen molar-refractivity contribution in [1.82, 2.24) is 9.80 Å². The number of aryl methyl sites for hydroxylation is 1. The molecule has 0 aromatic heterocycles. The van der Waals surface area contributed by atoms with Crippen LogP contribution in [-0.4, -0.2) is 53.0 Å². The Balaban J connectivity index is 1.50. The molecule has 2 aliphatic rings. The van der Waals surface area contributed by atoms with Crippen molar-refractivity contribution in [3.63, 3.8) is 0 Å². The van der Waals surface area contributed by atoms with Gasteiger partial charge in [0, 0.05) is 25.6 Å². The molecule has 2 aliphatic heterocycles. The Morgan fingerprint density at radius 2 is 1.92 bits per heavy atom. The van der Waals surface area contributed by atoms with E-state index in [4.69, 9.17) is 0 Å². The van der Waals surface area contributed by atoms with E-state index >= 15 is 0 Å². The van der Waals surface area contributed by atoms with Crippen molar-refractivity contribution in [1.29, 1.82) is 0 Å². The number of carbonyl (C=O) groups is 1. The number of hydrogen-bond acceptors (Lipinski definition) is 3. The van der Waals surface area contributed by atoms with Crippen LogP contribution in [-0.2, 0) is 11.2 Å². The molecule has 2 saturated heterocycles. The monoisotopic (exact) mass is 330 g/mol. The van der Waals surface area contributed by atoms with Crippen molar-refractivity contribution in [2.45, 2.75) is 57.4 Å². The third-order valence-electron chi connectivity index (χ3n) is 5.46. The molecule has 1 atom stereocenters. The molecule has 1 amide bonds. The number of rotatable bonds is 6. The third kappa shape index (κ3) is 4.73. The van der Waals surface area contributed by atoms with Gasteiger partial charge in [0.1, 0.15) is 5.75 Å². The second-order valence-electron chi connectivity index (χ2n) is 7.24. The number of phenolic OH excluding ortho intramolecular Hbond substituents is 1. The highest BCUT2D eigenvalue weighted by Crippen LogP contribution is 2.22. The molecule has 24 heavy (non-hydrogen) atoms. The summed E-state index contributed by atoms with van der Waals surface area (Å²) in [6.45, 7) is 4.53. The smallest absolute Gasteiger partial charge is 0.223 e.